The van der Waals surface area contributed by atoms with E-state index in [0.717, 1.165) is 18.8 Å². The minimum Gasteiger partial charge on any atom is -0.360 e. The Balaban J connectivity index is 2.05. The van der Waals surface area contributed by atoms with Crippen molar-refractivity contribution in [3.05, 3.63) is 29.8 Å². The Labute approximate surface area is 119 Å². The Hall–Kier alpha value is -2.06. The summed E-state index contributed by atoms with van der Waals surface area (Å²) in [6, 6.07) is 10.5. The van der Waals surface area contributed by atoms with E-state index < -0.39 is 0 Å². The lowest BCUT2D eigenvalue weighted by Crippen LogP contribution is -2.42. The van der Waals surface area contributed by atoms with E-state index in [1.165, 1.54) is 5.56 Å². The second-order valence-corrected chi connectivity index (χ2v) is 5.05. The highest BCUT2D eigenvalue weighted by Gasteiger charge is 2.20. The molecule has 1 aromatic carbocycles. The molecule has 1 aliphatic heterocycles. The molecule has 0 saturated heterocycles. The summed E-state index contributed by atoms with van der Waals surface area (Å²) < 4.78 is 0. The average molecular weight is 272 g/mol. The van der Waals surface area contributed by atoms with E-state index in [4.69, 9.17) is 5.26 Å². The molecule has 0 aromatic heterocycles. The van der Waals surface area contributed by atoms with Crippen LogP contribution in [0.25, 0.3) is 0 Å². The van der Waals surface area contributed by atoms with Crippen LogP contribution in [0, 0.1) is 11.3 Å². The number of fused-ring (bicyclic) bond motifs is 1. The zero-order valence-electron chi connectivity index (χ0n) is 11.7. The fourth-order valence-electron chi connectivity index (χ4n) is 2.38. The van der Waals surface area contributed by atoms with Crippen LogP contribution in [0.3, 0.4) is 0 Å². The molecule has 0 radical (unpaired) electrons. The predicted octanol–water partition coefficient (Wildman–Crippen LogP) is 1.01. The standard InChI is InChI=1S/C15H20N4O/c1-12-10-19(11-15(20)17-8-4-7-16)14-6-3-2-5-13(14)9-18-12/h2-3,5-6,12,18H,4,8-11H2,1H3,(H,17,20). The molecule has 1 amide bonds. The van der Waals surface area contributed by atoms with Gasteiger partial charge in [0.1, 0.15) is 0 Å². The third kappa shape index (κ3) is 3.72. The number of carbonyl (C=O) groups excluding carboxylic acids is 1. The van der Waals surface area contributed by atoms with Crippen LogP contribution in [0.15, 0.2) is 24.3 Å². The fourth-order valence-corrected chi connectivity index (χ4v) is 2.38. The van der Waals surface area contributed by atoms with Gasteiger partial charge in [-0.05, 0) is 18.6 Å². The third-order valence-electron chi connectivity index (χ3n) is 3.36. The molecule has 5 heteroatoms. The number of nitriles is 1. The first kappa shape index (κ1) is 14.4. The molecule has 0 bridgehead atoms. The number of para-hydroxylation sites is 1. The van der Waals surface area contributed by atoms with E-state index in [9.17, 15) is 4.79 Å². The van der Waals surface area contributed by atoms with Gasteiger partial charge in [-0.2, -0.15) is 5.26 Å². The lowest BCUT2D eigenvalue weighted by Gasteiger charge is -2.25. The van der Waals surface area contributed by atoms with Crippen LogP contribution in [0.1, 0.15) is 18.9 Å². The van der Waals surface area contributed by atoms with Crippen molar-refractivity contribution in [3.63, 3.8) is 0 Å². The number of nitrogens with one attached hydrogen (secondary N) is 2. The summed E-state index contributed by atoms with van der Waals surface area (Å²) in [6.45, 7) is 4.48. The van der Waals surface area contributed by atoms with Crippen LogP contribution >= 0.6 is 0 Å². The van der Waals surface area contributed by atoms with Gasteiger partial charge in [-0.25, -0.2) is 0 Å². The maximum atomic E-state index is 11.9. The van der Waals surface area contributed by atoms with Crippen molar-refractivity contribution < 1.29 is 4.79 Å². The van der Waals surface area contributed by atoms with Crippen LogP contribution in [0.5, 0.6) is 0 Å². The number of hydrogen-bond donors (Lipinski definition) is 2. The van der Waals surface area contributed by atoms with E-state index in [1.807, 2.05) is 18.2 Å². The number of rotatable bonds is 4. The molecule has 20 heavy (non-hydrogen) atoms. The quantitative estimate of drug-likeness (QED) is 0.803. The van der Waals surface area contributed by atoms with Crippen molar-refractivity contribution in [3.8, 4) is 6.07 Å². The Morgan fingerprint density at radius 1 is 1.55 bits per heavy atom. The first-order chi connectivity index (χ1) is 9.70. The van der Waals surface area contributed by atoms with E-state index in [1.54, 1.807) is 0 Å². The summed E-state index contributed by atoms with van der Waals surface area (Å²) in [5.41, 5.74) is 2.32. The van der Waals surface area contributed by atoms with E-state index in [0.29, 0.717) is 25.6 Å². The second kappa shape index (κ2) is 6.92. The van der Waals surface area contributed by atoms with Gasteiger partial charge in [0.25, 0.3) is 0 Å². The first-order valence-corrected chi connectivity index (χ1v) is 6.90. The first-order valence-electron chi connectivity index (χ1n) is 6.90. The van der Waals surface area contributed by atoms with Gasteiger partial charge in [-0.15, -0.1) is 0 Å². The minimum absolute atomic E-state index is 0.0378. The molecule has 0 saturated carbocycles. The maximum Gasteiger partial charge on any atom is 0.239 e. The topological polar surface area (TPSA) is 68.2 Å². The normalized spacial score (nSPS) is 17.8. The molecule has 5 nitrogen and oxygen atoms in total. The Kier molecular flexibility index (Phi) is 4.97. The smallest absolute Gasteiger partial charge is 0.239 e. The molecule has 0 aliphatic carbocycles. The van der Waals surface area contributed by atoms with Crippen molar-refractivity contribution in [1.29, 1.82) is 5.26 Å². The maximum absolute atomic E-state index is 11.9. The zero-order chi connectivity index (χ0) is 14.4. The monoisotopic (exact) mass is 272 g/mol. The van der Waals surface area contributed by atoms with Gasteiger partial charge >= 0.3 is 0 Å². The summed E-state index contributed by atoms with van der Waals surface area (Å²) in [7, 11) is 0. The number of anilines is 1. The molecule has 106 valence electrons. The van der Waals surface area contributed by atoms with Crippen LogP contribution in [0.4, 0.5) is 5.69 Å². The second-order valence-electron chi connectivity index (χ2n) is 5.05. The zero-order valence-corrected chi connectivity index (χ0v) is 11.7. The number of nitrogens with zero attached hydrogens (tertiary/aromatic N) is 2. The third-order valence-corrected chi connectivity index (χ3v) is 3.36. The molecule has 1 atom stereocenters. The number of hydrogen-bond acceptors (Lipinski definition) is 4. The predicted molar refractivity (Wildman–Crippen MR) is 78.2 cm³/mol. The molecule has 1 heterocycles. The van der Waals surface area contributed by atoms with Crippen LogP contribution in [0.2, 0.25) is 0 Å². The van der Waals surface area contributed by atoms with Gasteiger partial charge in [-0.3, -0.25) is 4.79 Å². The van der Waals surface area contributed by atoms with Gasteiger partial charge in [0.05, 0.1) is 19.0 Å². The molecule has 2 rings (SSSR count). The fraction of sp³-hybridized carbons (Fsp3) is 0.467. The van der Waals surface area contributed by atoms with Gasteiger partial charge in [0.2, 0.25) is 5.91 Å². The lowest BCUT2D eigenvalue weighted by molar-refractivity contribution is -0.119. The molecule has 0 spiro atoms. The van der Waals surface area contributed by atoms with Crippen molar-refractivity contribution in [2.45, 2.75) is 25.9 Å². The van der Waals surface area contributed by atoms with E-state index in [-0.39, 0.29) is 5.91 Å². The highest BCUT2D eigenvalue weighted by molar-refractivity contribution is 5.81. The Morgan fingerprint density at radius 2 is 2.35 bits per heavy atom. The van der Waals surface area contributed by atoms with Crippen molar-refractivity contribution in [1.82, 2.24) is 10.6 Å². The van der Waals surface area contributed by atoms with Gasteiger partial charge in [0, 0.05) is 31.4 Å². The van der Waals surface area contributed by atoms with Gasteiger partial charge in [-0.1, -0.05) is 18.2 Å². The molecule has 1 aliphatic rings. The Morgan fingerprint density at radius 3 is 3.15 bits per heavy atom. The molecular formula is C15H20N4O. The lowest BCUT2D eigenvalue weighted by atomic mass is 10.1. The molecular weight excluding hydrogens is 252 g/mol. The SMILES string of the molecule is CC1CN(CC(=O)NCCC#N)c2ccccc2CN1. The van der Waals surface area contributed by atoms with Gasteiger partial charge in [0.15, 0.2) is 0 Å². The highest BCUT2D eigenvalue weighted by Crippen LogP contribution is 2.22. The molecule has 1 unspecified atom stereocenters. The Bertz CT molecular complexity index is 509. The van der Waals surface area contributed by atoms with E-state index >= 15 is 0 Å². The number of benzene rings is 1. The summed E-state index contributed by atoms with van der Waals surface area (Å²) in [6.07, 6.45) is 0.348. The number of carbonyl (C=O) groups is 1. The van der Waals surface area contributed by atoms with Crippen molar-refractivity contribution in [2.75, 3.05) is 24.5 Å². The average Bonchev–Trinajstić information content (AvgIpc) is 2.59. The van der Waals surface area contributed by atoms with Crippen LogP contribution in [-0.4, -0.2) is 31.6 Å². The summed E-state index contributed by atoms with van der Waals surface area (Å²) >= 11 is 0. The van der Waals surface area contributed by atoms with Crippen molar-refractivity contribution in [2.24, 2.45) is 0 Å². The van der Waals surface area contributed by atoms with Crippen LogP contribution < -0.4 is 15.5 Å². The highest BCUT2D eigenvalue weighted by atomic mass is 16.2. The van der Waals surface area contributed by atoms with Crippen LogP contribution in [-0.2, 0) is 11.3 Å². The molecule has 2 N–H and O–H groups in total. The summed E-state index contributed by atoms with van der Waals surface area (Å²) in [5, 5.41) is 14.7. The summed E-state index contributed by atoms with van der Waals surface area (Å²) in [4.78, 5) is 14.0. The summed E-state index contributed by atoms with van der Waals surface area (Å²) in [5.74, 6) is -0.0378. The van der Waals surface area contributed by atoms with Crippen molar-refractivity contribution >= 4 is 11.6 Å². The number of amides is 1. The minimum atomic E-state index is -0.0378. The van der Waals surface area contributed by atoms with E-state index in [2.05, 4.69) is 34.6 Å². The largest absolute Gasteiger partial charge is 0.360 e. The molecule has 0 fully saturated rings. The van der Waals surface area contributed by atoms with Gasteiger partial charge < -0.3 is 15.5 Å². The molecule has 1 aromatic rings.